The van der Waals surface area contributed by atoms with E-state index in [1.165, 1.54) is 6.33 Å². The van der Waals surface area contributed by atoms with Gasteiger partial charge in [-0.1, -0.05) is 6.07 Å². The van der Waals surface area contributed by atoms with Crippen LogP contribution in [-0.4, -0.2) is 48.4 Å². The van der Waals surface area contributed by atoms with Crippen molar-refractivity contribution in [2.75, 3.05) is 27.4 Å². The third kappa shape index (κ3) is 5.30. The van der Waals surface area contributed by atoms with Gasteiger partial charge in [-0.25, -0.2) is 4.98 Å². The average molecular weight is 375 g/mol. The molecule has 0 bridgehead atoms. The molecule has 0 aliphatic rings. The van der Waals surface area contributed by atoms with Gasteiger partial charge in [-0.2, -0.15) is 0 Å². The smallest absolute Gasteiger partial charge is 0.254 e. The van der Waals surface area contributed by atoms with Crippen LogP contribution < -0.4 is 20.3 Å². The highest BCUT2D eigenvalue weighted by Crippen LogP contribution is 2.30. The SMILES string of the molecule is COc1ccc(C(CO)CNC(=O)CCc2c(C)nc[nH]c2=O)cc1OC. The lowest BCUT2D eigenvalue weighted by atomic mass is 9.99. The van der Waals surface area contributed by atoms with E-state index in [1.807, 2.05) is 6.07 Å². The number of rotatable bonds is 9. The molecule has 1 aromatic heterocycles. The number of amides is 1. The van der Waals surface area contributed by atoms with Crippen LogP contribution in [-0.2, 0) is 11.2 Å². The van der Waals surface area contributed by atoms with Gasteiger partial charge in [0.2, 0.25) is 5.91 Å². The summed E-state index contributed by atoms with van der Waals surface area (Å²) >= 11 is 0. The van der Waals surface area contributed by atoms with Crippen LogP contribution in [0.2, 0.25) is 0 Å². The van der Waals surface area contributed by atoms with Crippen LogP contribution in [0.15, 0.2) is 29.3 Å². The Kier molecular flexibility index (Phi) is 7.36. The van der Waals surface area contributed by atoms with Gasteiger partial charge < -0.3 is 24.9 Å². The maximum atomic E-state index is 12.1. The molecule has 146 valence electrons. The Balaban J connectivity index is 1.95. The first-order valence-electron chi connectivity index (χ1n) is 8.62. The molecular formula is C19H25N3O5. The monoisotopic (exact) mass is 375 g/mol. The maximum absolute atomic E-state index is 12.1. The first kappa shape index (κ1) is 20.4. The molecule has 0 saturated heterocycles. The van der Waals surface area contributed by atoms with E-state index in [0.29, 0.717) is 29.2 Å². The lowest BCUT2D eigenvalue weighted by Gasteiger charge is -2.17. The third-order valence-electron chi connectivity index (χ3n) is 4.41. The molecule has 0 radical (unpaired) electrons. The molecule has 2 aromatic rings. The number of hydrogen-bond donors (Lipinski definition) is 3. The molecule has 0 saturated carbocycles. The molecule has 27 heavy (non-hydrogen) atoms. The summed E-state index contributed by atoms with van der Waals surface area (Å²) in [5.41, 5.74) is 1.72. The van der Waals surface area contributed by atoms with Crippen LogP contribution in [0.3, 0.4) is 0 Å². The molecule has 0 aliphatic heterocycles. The first-order valence-corrected chi connectivity index (χ1v) is 8.62. The number of methoxy groups -OCH3 is 2. The predicted octanol–water partition coefficient (Wildman–Crippen LogP) is 0.920. The van der Waals surface area contributed by atoms with E-state index in [1.54, 1.807) is 33.3 Å². The minimum absolute atomic E-state index is 0.128. The molecular weight excluding hydrogens is 350 g/mol. The molecule has 2 rings (SSSR count). The summed E-state index contributed by atoms with van der Waals surface area (Å²) in [5.74, 6) is 0.680. The molecule has 1 unspecified atom stereocenters. The third-order valence-corrected chi connectivity index (χ3v) is 4.41. The van der Waals surface area contributed by atoms with Gasteiger partial charge in [0.05, 0.1) is 27.2 Å². The van der Waals surface area contributed by atoms with E-state index in [-0.39, 0.29) is 37.0 Å². The summed E-state index contributed by atoms with van der Waals surface area (Å²) in [7, 11) is 3.09. The molecule has 8 nitrogen and oxygen atoms in total. The van der Waals surface area contributed by atoms with E-state index in [4.69, 9.17) is 9.47 Å². The minimum atomic E-state index is -0.280. The van der Waals surface area contributed by atoms with Crippen molar-refractivity contribution >= 4 is 5.91 Å². The molecule has 1 amide bonds. The Morgan fingerprint density at radius 1 is 1.30 bits per heavy atom. The molecule has 8 heteroatoms. The minimum Gasteiger partial charge on any atom is -0.493 e. The number of H-pyrrole nitrogens is 1. The summed E-state index contributed by atoms with van der Waals surface area (Å²) in [6.07, 6.45) is 1.82. The number of ether oxygens (including phenoxy) is 2. The second kappa shape index (κ2) is 9.72. The number of nitrogens with one attached hydrogen (secondary N) is 2. The van der Waals surface area contributed by atoms with Crippen molar-refractivity contribution in [3.63, 3.8) is 0 Å². The van der Waals surface area contributed by atoms with E-state index >= 15 is 0 Å². The highest BCUT2D eigenvalue weighted by atomic mass is 16.5. The Labute approximate surface area is 157 Å². The van der Waals surface area contributed by atoms with Gasteiger partial charge in [-0.05, 0) is 31.0 Å². The Hall–Kier alpha value is -2.87. The molecule has 0 spiro atoms. The van der Waals surface area contributed by atoms with Gasteiger partial charge >= 0.3 is 0 Å². The number of aliphatic hydroxyl groups is 1. The lowest BCUT2D eigenvalue weighted by molar-refractivity contribution is -0.121. The second-order valence-electron chi connectivity index (χ2n) is 6.09. The molecule has 1 aromatic carbocycles. The first-order chi connectivity index (χ1) is 13.0. The summed E-state index contributed by atoms with van der Waals surface area (Å²) in [6.45, 7) is 1.88. The van der Waals surface area contributed by atoms with Crippen molar-refractivity contribution in [2.45, 2.75) is 25.7 Å². The largest absolute Gasteiger partial charge is 0.493 e. The predicted molar refractivity (Wildman–Crippen MR) is 100 cm³/mol. The summed E-state index contributed by atoms with van der Waals surface area (Å²) < 4.78 is 10.5. The Morgan fingerprint density at radius 3 is 2.67 bits per heavy atom. The number of aromatic amines is 1. The number of benzene rings is 1. The molecule has 1 atom stereocenters. The van der Waals surface area contributed by atoms with Gasteiger partial charge in [-0.15, -0.1) is 0 Å². The highest BCUT2D eigenvalue weighted by molar-refractivity contribution is 5.76. The van der Waals surface area contributed by atoms with Crippen molar-refractivity contribution < 1.29 is 19.4 Å². The fraction of sp³-hybridized carbons (Fsp3) is 0.421. The van der Waals surface area contributed by atoms with E-state index in [0.717, 1.165) is 5.56 Å². The normalized spacial score (nSPS) is 11.7. The molecule has 1 heterocycles. The van der Waals surface area contributed by atoms with Gasteiger partial charge in [0.25, 0.3) is 5.56 Å². The molecule has 3 N–H and O–H groups in total. The van der Waals surface area contributed by atoms with E-state index in [2.05, 4.69) is 15.3 Å². The van der Waals surface area contributed by atoms with Crippen LogP contribution in [0, 0.1) is 6.92 Å². The van der Waals surface area contributed by atoms with Crippen LogP contribution >= 0.6 is 0 Å². The van der Waals surface area contributed by atoms with Gasteiger partial charge in [0.15, 0.2) is 11.5 Å². The van der Waals surface area contributed by atoms with Crippen LogP contribution in [0.1, 0.15) is 29.2 Å². The Bertz CT molecular complexity index is 834. The zero-order valence-corrected chi connectivity index (χ0v) is 15.7. The second-order valence-corrected chi connectivity index (χ2v) is 6.09. The maximum Gasteiger partial charge on any atom is 0.254 e. The van der Waals surface area contributed by atoms with Crippen molar-refractivity contribution in [3.05, 3.63) is 51.7 Å². The molecule has 0 fully saturated rings. The number of hydrogen-bond acceptors (Lipinski definition) is 6. The van der Waals surface area contributed by atoms with Gasteiger partial charge in [0, 0.05) is 30.1 Å². The summed E-state index contributed by atoms with van der Waals surface area (Å²) in [4.78, 5) is 30.5. The number of aromatic nitrogens is 2. The number of nitrogens with zero attached hydrogens (tertiary/aromatic N) is 1. The van der Waals surface area contributed by atoms with Gasteiger partial charge in [-0.3, -0.25) is 9.59 Å². The Morgan fingerprint density at radius 2 is 2.04 bits per heavy atom. The highest BCUT2D eigenvalue weighted by Gasteiger charge is 2.15. The average Bonchev–Trinajstić information content (AvgIpc) is 2.67. The lowest BCUT2D eigenvalue weighted by Crippen LogP contribution is -2.30. The quantitative estimate of drug-likeness (QED) is 0.601. The van der Waals surface area contributed by atoms with E-state index < -0.39 is 0 Å². The number of aryl methyl sites for hydroxylation is 1. The van der Waals surface area contributed by atoms with E-state index in [9.17, 15) is 14.7 Å². The summed E-state index contributed by atoms with van der Waals surface area (Å²) in [6, 6.07) is 5.37. The number of aliphatic hydroxyl groups excluding tert-OH is 1. The topological polar surface area (TPSA) is 114 Å². The zero-order chi connectivity index (χ0) is 19.8. The number of carbonyl (C=O) groups is 1. The van der Waals surface area contributed by atoms with Gasteiger partial charge in [0.1, 0.15) is 0 Å². The standard InChI is InChI=1S/C19H25N3O5/c1-12-15(19(25)22-11-21-12)5-7-18(24)20-9-14(10-23)13-4-6-16(26-2)17(8-13)27-3/h4,6,8,11,14,23H,5,7,9-10H2,1-3H3,(H,20,24)(H,21,22,25). The zero-order valence-electron chi connectivity index (χ0n) is 15.7. The van der Waals surface area contributed by atoms with Crippen LogP contribution in [0.25, 0.3) is 0 Å². The van der Waals surface area contributed by atoms with Crippen molar-refractivity contribution in [2.24, 2.45) is 0 Å². The van der Waals surface area contributed by atoms with Crippen molar-refractivity contribution in [1.82, 2.24) is 15.3 Å². The van der Waals surface area contributed by atoms with Crippen molar-refractivity contribution in [3.8, 4) is 11.5 Å². The molecule has 0 aliphatic carbocycles. The summed E-state index contributed by atoms with van der Waals surface area (Å²) in [5, 5.41) is 12.5. The fourth-order valence-corrected chi connectivity index (χ4v) is 2.77. The van der Waals surface area contributed by atoms with Crippen LogP contribution in [0.5, 0.6) is 11.5 Å². The number of carbonyl (C=O) groups excluding carboxylic acids is 1. The van der Waals surface area contributed by atoms with Crippen LogP contribution in [0.4, 0.5) is 0 Å². The fourth-order valence-electron chi connectivity index (χ4n) is 2.77. The van der Waals surface area contributed by atoms with Crippen molar-refractivity contribution in [1.29, 1.82) is 0 Å².